The van der Waals surface area contributed by atoms with Crippen LogP contribution in [0.15, 0.2) is 30.3 Å². The van der Waals surface area contributed by atoms with Gasteiger partial charge in [0, 0.05) is 0 Å². The smallest absolute Gasteiger partial charge is 0.413 e. The quantitative estimate of drug-likeness (QED) is 0.908. The van der Waals surface area contributed by atoms with Gasteiger partial charge in [0.05, 0.1) is 6.61 Å². The number of rotatable bonds is 3. The van der Waals surface area contributed by atoms with E-state index < -0.39 is 23.8 Å². The number of aliphatic carboxylic acids is 1. The zero-order valence-electron chi connectivity index (χ0n) is 14.7. The van der Waals surface area contributed by atoms with Gasteiger partial charge in [0.1, 0.15) is 12.3 Å². The molecule has 1 heterocycles. The predicted octanol–water partition coefficient (Wildman–Crippen LogP) is 3.26. The lowest BCUT2D eigenvalue weighted by atomic mass is 9.76. The molecule has 1 aliphatic carbocycles. The van der Waals surface area contributed by atoms with Gasteiger partial charge in [-0.3, -0.25) is 4.90 Å². The molecule has 25 heavy (non-hydrogen) atoms. The zero-order valence-corrected chi connectivity index (χ0v) is 14.7. The zero-order chi connectivity index (χ0) is 18.0. The minimum absolute atomic E-state index is 0.0108. The molecule has 136 valence electrons. The Balaban J connectivity index is 1.77. The lowest BCUT2D eigenvalue weighted by Crippen LogP contribution is -2.56. The molecule has 2 fully saturated rings. The Morgan fingerprint density at radius 1 is 1.28 bits per heavy atom. The van der Waals surface area contributed by atoms with Crippen LogP contribution in [0, 0.1) is 11.8 Å². The maximum absolute atomic E-state index is 12.8. The van der Waals surface area contributed by atoms with Crippen LogP contribution in [0.4, 0.5) is 4.79 Å². The Labute approximate surface area is 147 Å². The lowest BCUT2D eigenvalue weighted by Gasteiger charge is -2.44. The normalized spacial score (nSPS) is 31.9. The number of hydrogen-bond donors (Lipinski definition) is 1. The van der Waals surface area contributed by atoms with Gasteiger partial charge in [-0.1, -0.05) is 44.2 Å². The summed E-state index contributed by atoms with van der Waals surface area (Å²) in [5, 5.41) is 9.52. The number of carbonyl (C=O) groups excluding carboxylic acids is 1. The highest BCUT2D eigenvalue weighted by molar-refractivity contribution is 5.81. The van der Waals surface area contributed by atoms with Crippen molar-refractivity contribution in [2.24, 2.45) is 11.8 Å². The standard InChI is InChI=1S/C19H25NO5/c1-13-8-9-19(10-14(13)2)20(16(12-25-19)17(21)22)18(23)24-11-15-6-4-3-5-7-15/h3-7,13-14,16H,8-12H2,1-2H3,(H,21,22). The summed E-state index contributed by atoms with van der Waals surface area (Å²) in [5.74, 6) is -0.175. The third kappa shape index (κ3) is 3.49. The van der Waals surface area contributed by atoms with E-state index in [1.54, 1.807) is 0 Å². The molecule has 1 aromatic rings. The molecule has 1 saturated carbocycles. The number of hydrogen-bond acceptors (Lipinski definition) is 4. The summed E-state index contributed by atoms with van der Waals surface area (Å²) >= 11 is 0. The fourth-order valence-corrected chi connectivity index (χ4v) is 3.82. The average Bonchev–Trinajstić information content (AvgIpc) is 2.96. The SMILES string of the molecule is CC1CCC2(CC1C)OCC(C(=O)O)N2C(=O)OCc1ccccc1. The molecule has 6 nitrogen and oxygen atoms in total. The highest BCUT2D eigenvalue weighted by Gasteiger charge is 2.55. The molecule has 1 aromatic carbocycles. The van der Waals surface area contributed by atoms with Crippen LogP contribution in [0.3, 0.4) is 0 Å². The summed E-state index contributed by atoms with van der Waals surface area (Å²) < 4.78 is 11.3. The van der Waals surface area contributed by atoms with Crippen molar-refractivity contribution in [3.05, 3.63) is 35.9 Å². The maximum atomic E-state index is 12.8. The molecular weight excluding hydrogens is 322 g/mol. The molecule has 3 rings (SSSR count). The van der Waals surface area contributed by atoms with Crippen molar-refractivity contribution < 1.29 is 24.2 Å². The van der Waals surface area contributed by atoms with Gasteiger partial charge in [-0.05, 0) is 36.7 Å². The van der Waals surface area contributed by atoms with Crippen LogP contribution in [0.25, 0.3) is 0 Å². The van der Waals surface area contributed by atoms with Gasteiger partial charge in [0.15, 0.2) is 6.04 Å². The summed E-state index contributed by atoms with van der Waals surface area (Å²) in [4.78, 5) is 25.7. The Hall–Kier alpha value is -2.08. The maximum Gasteiger partial charge on any atom is 0.413 e. The predicted molar refractivity (Wildman–Crippen MR) is 90.8 cm³/mol. The van der Waals surface area contributed by atoms with Crippen molar-refractivity contribution in [2.75, 3.05) is 6.61 Å². The molecule has 4 unspecified atom stereocenters. The van der Waals surface area contributed by atoms with Crippen LogP contribution < -0.4 is 0 Å². The molecule has 1 aliphatic heterocycles. The van der Waals surface area contributed by atoms with E-state index >= 15 is 0 Å². The van der Waals surface area contributed by atoms with Crippen molar-refractivity contribution in [1.29, 1.82) is 0 Å². The molecule has 1 saturated heterocycles. The second-order valence-electron chi connectivity index (χ2n) is 7.22. The van der Waals surface area contributed by atoms with Crippen molar-refractivity contribution in [3.63, 3.8) is 0 Å². The molecule has 0 bridgehead atoms. The first kappa shape index (κ1) is 17.7. The van der Waals surface area contributed by atoms with Crippen LogP contribution in [0.5, 0.6) is 0 Å². The Bertz CT molecular complexity index is 634. The fourth-order valence-electron chi connectivity index (χ4n) is 3.82. The Morgan fingerprint density at radius 3 is 2.64 bits per heavy atom. The number of carboxylic acids is 1. The van der Waals surface area contributed by atoms with Gasteiger partial charge in [-0.2, -0.15) is 0 Å². The van der Waals surface area contributed by atoms with E-state index in [0.29, 0.717) is 24.7 Å². The average molecular weight is 347 g/mol. The van der Waals surface area contributed by atoms with E-state index in [2.05, 4.69) is 13.8 Å². The summed E-state index contributed by atoms with van der Waals surface area (Å²) in [6, 6.07) is 8.36. The molecule has 1 N–H and O–H groups in total. The third-order valence-corrected chi connectivity index (χ3v) is 5.55. The van der Waals surface area contributed by atoms with Crippen molar-refractivity contribution in [3.8, 4) is 0 Å². The molecule has 1 amide bonds. The summed E-state index contributed by atoms with van der Waals surface area (Å²) in [6.45, 7) is 4.43. The van der Waals surface area contributed by atoms with Crippen LogP contribution in [-0.2, 0) is 20.9 Å². The first-order valence-corrected chi connectivity index (χ1v) is 8.80. The minimum Gasteiger partial charge on any atom is -0.480 e. The molecule has 4 atom stereocenters. The Kier molecular flexibility index (Phi) is 4.99. The van der Waals surface area contributed by atoms with Gasteiger partial charge in [-0.25, -0.2) is 9.59 Å². The largest absolute Gasteiger partial charge is 0.480 e. The molecule has 0 radical (unpaired) electrons. The number of amides is 1. The van der Waals surface area contributed by atoms with Crippen LogP contribution >= 0.6 is 0 Å². The van der Waals surface area contributed by atoms with Crippen LogP contribution in [0.1, 0.15) is 38.7 Å². The van der Waals surface area contributed by atoms with Gasteiger partial charge in [0.2, 0.25) is 0 Å². The molecular formula is C19H25NO5. The fraction of sp³-hybridized carbons (Fsp3) is 0.579. The third-order valence-electron chi connectivity index (χ3n) is 5.55. The van der Waals surface area contributed by atoms with Gasteiger partial charge >= 0.3 is 12.1 Å². The topological polar surface area (TPSA) is 76.1 Å². The second kappa shape index (κ2) is 7.04. The van der Waals surface area contributed by atoms with Gasteiger partial charge in [0.25, 0.3) is 0 Å². The second-order valence-corrected chi connectivity index (χ2v) is 7.22. The van der Waals surface area contributed by atoms with Crippen molar-refractivity contribution in [2.45, 2.75) is 51.5 Å². The van der Waals surface area contributed by atoms with E-state index in [9.17, 15) is 14.7 Å². The van der Waals surface area contributed by atoms with E-state index in [1.165, 1.54) is 4.90 Å². The molecule has 6 heteroatoms. The van der Waals surface area contributed by atoms with E-state index in [1.807, 2.05) is 30.3 Å². The van der Waals surface area contributed by atoms with Crippen LogP contribution in [0.2, 0.25) is 0 Å². The van der Waals surface area contributed by atoms with E-state index in [4.69, 9.17) is 9.47 Å². The number of carboxylic acid groups (broad SMARTS) is 1. The molecule has 0 aromatic heterocycles. The number of ether oxygens (including phenoxy) is 2. The number of nitrogens with zero attached hydrogens (tertiary/aromatic N) is 1. The summed E-state index contributed by atoms with van der Waals surface area (Å²) in [7, 11) is 0. The lowest BCUT2D eigenvalue weighted by molar-refractivity contribution is -0.146. The van der Waals surface area contributed by atoms with E-state index in [0.717, 1.165) is 12.0 Å². The van der Waals surface area contributed by atoms with Crippen molar-refractivity contribution >= 4 is 12.1 Å². The molecule has 1 spiro atoms. The molecule has 2 aliphatic rings. The summed E-state index contributed by atoms with van der Waals surface area (Å²) in [6.07, 6.45) is 1.56. The highest BCUT2D eigenvalue weighted by atomic mass is 16.6. The van der Waals surface area contributed by atoms with E-state index in [-0.39, 0.29) is 13.2 Å². The monoisotopic (exact) mass is 347 g/mol. The highest BCUT2D eigenvalue weighted by Crippen LogP contribution is 2.45. The Morgan fingerprint density at radius 2 is 2.00 bits per heavy atom. The van der Waals surface area contributed by atoms with Crippen molar-refractivity contribution in [1.82, 2.24) is 4.90 Å². The minimum atomic E-state index is -1.06. The number of carbonyl (C=O) groups is 2. The first-order chi connectivity index (χ1) is 11.9. The van der Waals surface area contributed by atoms with Gasteiger partial charge in [-0.15, -0.1) is 0 Å². The van der Waals surface area contributed by atoms with Crippen LogP contribution in [-0.4, -0.2) is 40.4 Å². The first-order valence-electron chi connectivity index (χ1n) is 8.80. The summed E-state index contributed by atoms with van der Waals surface area (Å²) in [5.41, 5.74) is 0.00507. The number of benzene rings is 1. The van der Waals surface area contributed by atoms with Gasteiger partial charge < -0.3 is 14.6 Å².